The van der Waals surface area contributed by atoms with Gasteiger partial charge < -0.3 is 4.90 Å². The molecular formula is C15H16N2OS. The molecule has 0 bridgehead atoms. The Hall–Kier alpha value is -1.68. The van der Waals surface area contributed by atoms with Crippen molar-refractivity contribution in [3.63, 3.8) is 0 Å². The van der Waals surface area contributed by atoms with E-state index >= 15 is 0 Å². The third kappa shape index (κ3) is 2.16. The van der Waals surface area contributed by atoms with Gasteiger partial charge in [-0.15, -0.1) is 11.3 Å². The number of thiophene rings is 1. The molecule has 0 radical (unpaired) electrons. The van der Waals surface area contributed by atoms with E-state index in [-0.39, 0.29) is 5.78 Å². The molecule has 0 spiro atoms. The van der Waals surface area contributed by atoms with Crippen molar-refractivity contribution in [1.82, 2.24) is 4.98 Å². The molecule has 2 aromatic heterocycles. The molecule has 0 aromatic carbocycles. The van der Waals surface area contributed by atoms with Crippen molar-refractivity contribution in [3.05, 3.63) is 45.8 Å². The predicted molar refractivity (Wildman–Crippen MR) is 78.0 cm³/mol. The second-order valence-corrected chi connectivity index (χ2v) is 5.88. The summed E-state index contributed by atoms with van der Waals surface area (Å²) in [5.74, 6) is 1.01. The van der Waals surface area contributed by atoms with Crippen LogP contribution in [0, 0.1) is 0 Å². The number of hydrogen-bond acceptors (Lipinski definition) is 4. The van der Waals surface area contributed by atoms with Gasteiger partial charge in [0.2, 0.25) is 0 Å². The van der Waals surface area contributed by atoms with Crippen molar-refractivity contribution in [3.8, 4) is 0 Å². The van der Waals surface area contributed by atoms with Crippen LogP contribution in [0.25, 0.3) is 0 Å². The zero-order chi connectivity index (χ0) is 13.4. The van der Waals surface area contributed by atoms with Crippen LogP contribution in [0.1, 0.15) is 40.7 Å². The number of hydrogen-bond donors (Lipinski definition) is 0. The van der Waals surface area contributed by atoms with E-state index in [0.717, 1.165) is 18.8 Å². The smallest absolute Gasteiger partial charge is 0.161 e. The normalized spacial score (nSPS) is 18.2. The molecule has 1 unspecified atom stereocenters. The number of aromatic nitrogens is 1. The van der Waals surface area contributed by atoms with Crippen molar-refractivity contribution >= 4 is 22.9 Å². The fourth-order valence-electron chi connectivity index (χ4n) is 2.59. The van der Waals surface area contributed by atoms with Crippen LogP contribution in [-0.4, -0.2) is 17.3 Å². The molecule has 19 heavy (non-hydrogen) atoms. The summed E-state index contributed by atoms with van der Waals surface area (Å²) in [7, 11) is 0. The van der Waals surface area contributed by atoms with Gasteiger partial charge in [0.1, 0.15) is 5.82 Å². The molecule has 0 saturated carbocycles. The van der Waals surface area contributed by atoms with E-state index in [0.29, 0.717) is 11.6 Å². The highest BCUT2D eigenvalue weighted by atomic mass is 32.1. The summed E-state index contributed by atoms with van der Waals surface area (Å²) < 4.78 is 0. The summed E-state index contributed by atoms with van der Waals surface area (Å²) >= 11 is 1.84. The standard InChI is InChI=1S/C15H16N2OS/c1-10-13-6-8-19-14(13)5-7-17(10)15-4-3-12(9-16-15)11(2)18/h3-4,6,8-10H,5,7H2,1-2H3. The second kappa shape index (κ2) is 4.78. The molecule has 98 valence electrons. The first kappa shape index (κ1) is 12.4. The monoisotopic (exact) mass is 272 g/mol. The fourth-order valence-corrected chi connectivity index (χ4v) is 3.55. The van der Waals surface area contributed by atoms with Gasteiger partial charge in [-0.3, -0.25) is 4.79 Å². The summed E-state index contributed by atoms with van der Waals surface area (Å²) in [6, 6.07) is 6.37. The minimum atomic E-state index is 0.0610. The van der Waals surface area contributed by atoms with Crippen LogP contribution in [0.5, 0.6) is 0 Å². The third-order valence-corrected chi connectivity index (χ3v) is 4.72. The van der Waals surface area contributed by atoms with Gasteiger partial charge >= 0.3 is 0 Å². The van der Waals surface area contributed by atoms with Crippen LogP contribution in [0.4, 0.5) is 5.82 Å². The average Bonchev–Trinajstić information content (AvgIpc) is 2.88. The highest BCUT2D eigenvalue weighted by molar-refractivity contribution is 7.10. The lowest BCUT2D eigenvalue weighted by Crippen LogP contribution is -2.33. The number of pyridine rings is 1. The number of Topliss-reactive ketones (excluding diaryl/α,β-unsaturated/α-hetero) is 1. The van der Waals surface area contributed by atoms with Gasteiger partial charge in [-0.05, 0) is 49.4 Å². The highest BCUT2D eigenvalue weighted by Crippen LogP contribution is 2.35. The summed E-state index contributed by atoms with van der Waals surface area (Å²) in [5.41, 5.74) is 2.08. The number of rotatable bonds is 2. The van der Waals surface area contributed by atoms with E-state index in [1.165, 1.54) is 10.4 Å². The van der Waals surface area contributed by atoms with E-state index in [4.69, 9.17) is 0 Å². The second-order valence-electron chi connectivity index (χ2n) is 4.88. The molecule has 4 heteroatoms. The van der Waals surface area contributed by atoms with Gasteiger partial charge in [0.15, 0.2) is 5.78 Å². The highest BCUT2D eigenvalue weighted by Gasteiger charge is 2.25. The third-order valence-electron chi connectivity index (χ3n) is 3.73. The van der Waals surface area contributed by atoms with Crippen LogP contribution in [0.3, 0.4) is 0 Å². The average molecular weight is 272 g/mol. The van der Waals surface area contributed by atoms with Crippen molar-refractivity contribution in [1.29, 1.82) is 0 Å². The van der Waals surface area contributed by atoms with Crippen molar-refractivity contribution in [2.24, 2.45) is 0 Å². The maximum absolute atomic E-state index is 11.3. The van der Waals surface area contributed by atoms with Crippen LogP contribution in [0.15, 0.2) is 29.8 Å². The number of carbonyl (C=O) groups is 1. The molecule has 1 atom stereocenters. The largest absolute Gasteiger partial charge is 0.349 e. The molecule has 0 N–H and O–H groups in total. The van der Waals surface area contributed by atoms with Crippen LogP contribution >= 0.6 is 11.3 Å². The van der Waals surface area contributed by atoms with Gasteiger partial charge in [-0.25, -0.2) is 4.98 Å². The maximum atomic E-state index is 11.3. The Bertz CT molecular complexity index is 603. The lowest BCUT2D eigenvalue weighted by molar-refractivity contribution is 0.101. The number of nitrogens with zero attached hydrogens (tertiary/aromatic N) is 2. The van der Waals surface area contributed by atoms with Gasteiger partial charge in [-0.2, -0.15) is 0 Å². The Morgan fingerprint density at radius 3 is 2.95 bits per heavy atom. The topological polar surface area (TPSA) is 33.2 Å². The van der Waals surface area contributed by atoms with Crippen molar-refractivity contribution < 1.29 is 4.79 Å². The molecule has 0 aliphatic carbocycles. The van der Waals surface area contributed by atoms with Gasteiger partial charge in [-0.1, -0.05) is 0 Å². The lowest BCUT2D eigenvalue weighted by atomic mass is 10.0. The van der Waals surface area contributed by atoms with E-state index < -0.39 is 0 Å². The first-order valence-corrected chi connectivity index (χ1v) is 7.34. The summed E-state index contributed by atoms with van der Waals surface area (Å²) in [6.07, 6.45) is 2.75. The van der Waals surface area contributed by atoms with Crippen molar-refractivity contribution in [2.45, 2.75) is 26.3 Å². The molecule has 3 rings (SSSR count). The Labute approximate surface area is 116 Å². The van der Waals surface area contributed by atoms with E-state index in [1.54, 1.807) is 13.1 Å². The minimum Gasteiger partial charge on any atom is -0.349 e. The van der Waals surface area contributed by atoms with E-state index in [9.17, 15) is 4.79 Å². The summed E-state index contributed by atoms with van der Waals surface area (Å²) in [4.78, 5) is 19.5. The molecule has 3 nitrogen and oxygen atoms in total. The fraction of sp³-hybridized carbons (Fsp3) is 0.333. The maximum Gasteiger partial charge on any atom is 0.161 e. The number of anilines is 1. The summed E-state index contributed by atoms with van der Waals surface area (Å²) in [5, 5.41) is 2.16. The Balaban J connectivity index is 1.89. The van der Waals surface area contributed by atoms with Crippen LogP contribution < -0.4 is 4.90 Å². The minimum absolute atomic E-state index is 0.0610. The molecular weight excluding hydrogens is 256 g/mol. The first-order chi connectivity index (χ1) is 9.16. The zero-order valence-corrected chi connectivity index (χ0v) is 11.9. The molecule has 3 heterocycles. The number of carbonyl (C=O) groups excluding carboxylic acids is 1. The van der Waals surface area contributed by atoms with Crippen molar-refractivity contribution in [2.75, 3.05) is 11.4 Å². The van der Waals surface area contributed by atoms with Gasteiger partial charge in [0.25, 0.3) is 0 Å². The van der Waals surface area contributed by atoms with Crippen LogP contribution in [-0.2, 0) is 6.42 Å². The summed E-state index contributed by atoms with van der Waals surface area (Å²) in [6.45, 7) is 4.77. The van der Waals surface area contributed by atoms with Gasteiger partial charge in [0.05, 0.1) is 6.04 Å². The molecule has 0 amide bonds. The van der Waals surface area contributed by atoms with Crippen LogP contribution in [0.2, 0.25) is 0 Å². The molecule has 1 aliphatic rings. The zero-order valence-electron chi connectivity index (χ0n) is 11.1. The number of fused-ring (bicyclic) bond motifs is 1. The molecule has 0 fully saturated rings. The SMILES string of the molecule is CC(=O)c1ccc(N2CCc3sccc3C2C)nc1. The quantitative estimate of drug-likeness (QED) is 0.785. The van der Waals surface area contributed by atoms with Gasteiger partial charge in [0, 0.05) is 23.2 Å². The first-order valence-electron chi connectivity index (χ1n) is 6.46. The molecule has 1 aliphatic heterocycles. The lowest BCUT2D eigenvalue weighted by Gasteiger charge is -2.34. The Kier molecular flexibility index (Phi) is 3.11. The predicted octanol–water partition coefficient (Wildman–Crippen LogP) is 3.47. The van der Waals surface area contributed by atoms with E-state index in [2.05, 4.69) is 28.3 Å². The Morgan fingerprint density at radius 2 is 2.26 bits per heavy atom. The molecule has 2 aromatic rings. The Morgan fingerprint density at radius 1 is 1.42 bits per heavy atom. The van der Waals surface area contributed by atoms with E-state index in [1.807, 2.05) is 23.5 Å². The molecule has 0 saturated heterocycles. The number of ketones is 1.